The quantitative estimate of drug-likeness (QED) is 0.365. The minimum Gasteiger partial charge on any atom is -0.409 e. The molecule has 0 radical (unpaired) electrons. The molecule has 3 heteroatoms. The van der Waals surface area contributed by atoms with Gasteiger partial charge in [0.2, 0.25) is 0 Å². The van der Waals surface area contributed by atoms with Crippen LogP contribution in [0.4, 0.5) is 0 Å². The van der Waals surface area contributed by atoms with Crippen molar-refractivity contribution < 1.29 is 4.18 Å². The van der Waals surface area contributed by atoms with Gasteiger partial charge in [0.15, 0.2) is 12.2 Å². The highest BCUT2D eigenvalue weighted by Crippen LogP contribution is 2.11. The Hall–Kier alpha value is -0.310. The molecule has 34 valence electrons. The van der Waals surface area contributed by atoms with Gasteiger partial charge in [-0.2, -0.15) is 0 Å². The lowest BCUT2D eigenvalue weighted by Gasteiger charge is -1.84. The molecule has 0 amide bonds. The Balaban J connectivity index is 2.45. The summed E-state index contributed by atoms with van der Waals surface area (Å²) >= 11 is 1.24. The van der Waals surface area contributed by atoms with Gasteiger partial charge in [-0.05, 0) is 6.92 Å². The molecule has 1 heterocycles. The van der Waals surface area contributed by atoms with Gasteiger partial charge in [-0.3, -0.25) is 4.72 Å². The first-order chi connectivity index (χ1) is 2.89. The molecule has 0 aliphatic carbocycles. The molecule has 0 bridgehead atoms. The van der Waals surface area contributed by atoms with Crippen molar-refractivity contribution in [3.63, 3.8) is 0 Å². The lowest BCUT2D eigenvalue weighted by Crippen LogP contribution is -1.78. The second-order valence-corrected chi connectivity index (χ2v) is 1.61. The molecule has 0 unspecified atom stereocenters. The molecule has 6 heavy (non-hydrogen) atoms. The summed E-state index contributed by atoms with van der Waals surface area (Å²) < 4.78 is 7.62. The molecule has 0 atom stereocenters. The maximum atomic E-state index is 4.82. The molecule has 0 aromatic carbocycles. The maximum absolute atomic E-state index is 4.82. The first-order valence-electron chi connectivity index (χ1n) is 1.65. The average molecular weight is 103 g/mol. The van der Waals surface area contributed by atoms with E-state index in [1.165, 1.54) is 12.2 Å². The summed E-state index contributed by atoms with van der Waals surface area (Å²) in [7, 11) is 0. The molecule has 0 spiro atoms. The van der Waals surface area contributed by atoms with Gasteiger partial charge in [0, 0.05) is 6.20 Å². The number of rotatable bonds is 0. The van der Waals surface area contributed by atoms with Crippen molar-refractivity contribution in [2.24, 2.45) is 0 Å². The van der Waals surface area contributed by atoms with Gasteiger partial charge in [0.1, 0.15) is 5.76 Å². The lowest BCUT2D eigenvalue weighted by molar-refractivity contribution is 0.514. The number of allylic oxidation sites excluding steroid dienone is 1. The maximum Gasteiger partial charge on any atom is 0.175 e. The highest BCUT2D eigenvalue weighted by Gasteiger charge is 1.95. The molecule has 0 saturated carbocycles. The predicted octanol–water partition coefficient (Wildman–Crippen LogP) is 1.03. The minimum absolute atomic E-state index is 0.931. The van der Waals surface area contributed by atoms with Crippen molar-refractivity contribution >= 4 is 12.2 Å². The number of hydrogen-bond acceptors (Lipinski definition) is 3. The molecule has 0 aromatic heterocycles. The van der Waals surface area contributed by atoms with Gasteiger partial charge >= 0.3 is 0 Å². The molecule has 1 aliphatic heterocycles. The molecule has 1 N–H and O–H groups in total. The Kier molecular flexibility index (Phi) is 0.919. The van der Waals surface area contributed by atoms with E-state index < -0.39 is 0 Å². The van der Waals surface area contributed by atoms with E-state index in [9.17, 15) is 0 Å². The Morgan fingerprint density at radius 1 is 2.00 bits per heavy atom. The van der Waals surface area contributed by atoms with Crippen LogP contribution >= 0.6 is 12.2 Å². The second-order valence-electron chi connectivity index (χ2n) is 1.04. The molecule has 2 nitrogen and oxygen atoms in total. The third-order valence-corrected chi connectivity index (χ3v) is 1.04. The van der Waals surface area contributed by atoms with Crippen molar-refractivity contribution in [1.82, 2.24) is 4.72 Å². The fraction of sp³-hybridized carbons (Fsp3) is 0.333. The lowest BCUT2D eigenvalue weighted by atomic mass is 10.6. The van der Waals surface area contributed by atoms with E-state index in [0.717, 1.165) is 5.76 Å². The zero-order chi connectivity index (χ0) is 4.41. The Morgan fingerprint density at radius 2 is 2.83 bits per heavy atom. The molecule has 1 rings (SSSR count). The van der Waals surface area contributed by atoms with Crippen molar-refractivity contribution in [2.45, 2.75) is 6.92 Å². The van der Waals surface area contributed by atoms with Crippen LogP contribution in [0.15, 0.2) is 12.0 Å². The topological polar surface area (TPSA) is 21.3 Å². The van der Waals surface area contributed by atoms with Crippen LogP contribution in [0.25, 0.3) is 0 Å². The van der Waals surface area contributed by atoms with Gasteiger partial charge in [0.05, 0.1) is 0 Å². The minimum atomic E-state index is 0.931. The first kappa shape index (κ1) is 3.87. The van der Waals surface area contributed by atoms with Crippen LogP contribution in [0.2, 0.25) is 0 Å². The highest BCUT2D eigenvalue weighted by atomic mass is 32.2. The van der Waals surface area contributed by atoms with Gasteiger partial charge < -0.3 is 4.18 Å². The molecular formula is C3H5NOS. The van der Waals surface area contributed by atoms with Crippen LogP contribution < -0.4 is 4.72 Å². The first-order valence-corrected chi connectivity index (χ1v) is 2.39. The van der Waals surface area contributed by atoms with E-state index in [2.05, 4.69) is 4.72 Å². The van der Waals surface area contributed by atoms with Crippen LogP contribution in [0.1, 0.15) is 6.92 Å². The van der Waals surface area contributed by atoms with E-state index in [1.54, 1.807) is 0 Å². The third-order valence-electron chi connectivity index (χ3n) is 0.483. The summed E-state index contributed by atoms with van der Waals surface area (Å²) in [4.78, 5) is 0. The zero-order valence-corrected chi connectivity index (χ0v) is 4.21. The van der Waals surface area contributed by atoms with E-state index in [1.807, 2.05) is 13.1 Å². The standard InChI is InChI=1S/C3H5NOS/c1-3-2-4-6-5-3/h2,4H,1H3. The fourth-order valence-corrected chi connectivity index (χ4v) is 0.663. The van der Waals surface area contributed by atoms with Crippen LogP contribution in [0.5, 0.6) is 0 Å². The van der Waals surface area contributed by atoms with E-state index in [-0.39, 0.29) is 0 Å². The normalized spacial score (nSPS) is 18.5. The van der Waals surface area contributed by atoms with Crippen LogP contribution in [0.3, 0.4) is 0 Å². The predicted molar refractivity (Wildman–Crippen MR) is 25.6 cm³/mol. The average Bonchev–Trinajstić information content (AvgIpc) is 1.86. The Bertz CT molecular complexity index is 80.9. The summed E-state index contributed by atoms with van der Waals surface area (Å²) in [6, 6.07) is 0. The van der Waals surface area contributed by atoms with Crippen molar-refractivity contribution in [3.8, 4) is 0 Å². The van der Waals surface area contributed by atoms with E-state index in [4.69, 9.17) is 4.18 Å². The fourth-order valence-electron chi connectivity index (χ4n) is 0.221. The summed E-state index contributed by atoms with van der Waals surface area (Å²) in [6.45, 7) is 1.90. The smallest absolute Gasteiger partial charge is 0.175 e. The highest BCUT2D eigenvalue weighted by molar-refractivity contribution is 7.93. The number of nitrogens with one attached hydrogen (secondary N) is 1. The monoisotopic (exact) mass is 103 g/mol. The molecule has 1 aliphatic rings. The van der Waals surface area contributed by atoms with E-state index >= 15 is 0 Å². The molecular weight excluding hydrogens is 98.1 g/mol. The Labute approximate surface area is 40.9 Å². The Morgan fingerprint density at radius 3 is 3.00 bits per heavy atom. The molecule has 0 fully saturated rings. The number of hydrogen-bond donors (Lipinski definition) is 1. The van der Waals surface area contributed by atoms with Crippen molar-refractivity contribution in [1.29, 1.82) is 0 Å². The zero-order valence-electron chi connectivity index (χ0n) is 3.39. The third kappa shape index (κ3) is 0.597. The van der Waals surface area contributed by atoms with Crippen molar-refractivity contribution in [3.05, 3.63) is 12.0 Å². The molecule has 0 saturated heterocycles. The second kappa shape index (κ2) is 1.43. The van der Waals surface area contributed by atoms with Crippen LogP contribution in [-0.4, -0.2) is 0 Å². The van der Waals surface area contributed by atoms with Gasteiger partial charge in [-0.1, -0.05) is 0 Å². The molecule has 0 aromatic rings. The summed E-state index contributed by atoms with van der Waals surface area (Å²) in [6.07, 6.45) is 1.81. The van der Waals surface area contributed by atoms with Gasteiger partial charge in [-0.15, -0.1) is 0 Å². The SMILES string of the molecule is CC1=CNSO1. The van der Waals surface area contributed by atoms with Crippen molar-refractivity contribution in [2.75, 3.05) is 0 Å². The summed E-state index contributed by atoms with van der Waals surface area (Å²) in [5.74, 6) is 0.931. The summed E-state index contributed by atoms with van der Waals surface area (Å²) in [5.41, 5.74) is 0. The van der Waals surface area contributed by atoms with Gasteiger partial charge in [-0.25, -0.2) is 0 Å². The van der Waals surface area contributed by atoms with Crippen LogP contribution in [-0.2, 0) is 4.18 Å². The summed E-state index contributed by atoms with van der Waals surface area (Å²) in [5, 5.41) is 0. The van der Waals surface area contributed by atoms with Crippen LogP contribution in [0, 0.1) is 0 Å². The van der Waals surface area contributed by atoms with E-state index in [0.29, 0.717) is 0 Å². The largest absolute Gasteiger partial charge is 0.409 e. The van der Waals surface area contributed by atoms with Gasteiger partial charge in [0.25, 0.3) is 0 Å².